The van der Waals surface area contributed by atoms with Gasteiger partial charge in [-0.3, -0.25) is 4.79 Å². The molecule has 0 saturated heterocycles. The van der Waals surface area contributed by atoms with Crippen LogP contribution < -0.4 is 10.6 Å². The summed E-state index contributed by atoms with van der Waals surface area (Å²) in [6, 6.07) is 6.63. The first-order valence-electron chi connectivity index (χ1n) is 6.99. The van der Waals surface area contributed by atoms with E-state index < -0.39 is 11.9 Å². The third-order valence-electron chi connectivity index (χ3n) is 3.01. The maximum Gasteiger partial charge on any atom is 0.372 e. The van der Waals surface area contributed by atoms with Gasteiger partial charge in [-0.2, -0.15) is 0 Å². The lowest BCUT2D eigenvalue weighted by molar-refractivity contribution is 0.0659. The number of aromatic carboxylic acids is 1. The molecule has 0 radical (unpaired) electrons. The summed E-state index contributed by atoms with van der Waals surface area (Å²) in [5.41, 5.74) is 1.58. The van der Waals surface area contributed by atoms with Crippen molar-refractivity contribution in [3.05, 3.63) is 46.4 Å². The van der Waals surface area contributed by atoms with Crippen molar-refractivity contribution in [1.29, 1.82) is 0 Å². The molecule has 0 aliphatic carbocycles. The van der Waals surface area contributed by atoms with Crippen LogP contribution in [0.25, 0.3) is 0 Å². The predicted octanol–water partition coefficient (Wildman–Crippen LogP) is 4.01. The lowest BCUT2D eigenvalue weighted by Crippen LogP contribution is -2.16. The first-order valence-corrected chi connectivity index (χ1v) is 7.37. The molecule has 0 aliphatic rings. The van der Waals surface area contributed by atoms with Gasteiger partial charge in [0, 0.05) is 16.6 Å². The largest absolute Gasteiger partial charge is 0.475 e. The van der Waals surface area contributed by atoms with E-state index in [4.69, 9.17) is 21.1 Å². The quantitative estimate of drug-likeness (QED) is 0.767. The Hall–Kier alpha value is -2.47. The van der Waals surface area contributed by atoms with Crippen molar-refractivity contribution in [2.75, 3.05) is 10.6 Å². The van der Waals surface area contributed by atoms with Gasteiger partial charge in [0.2, 0.25) is 5.76 Å². The van der Waals surface area contributed by atoms with Crippen molar-refractivity contribution in [3.63, 3.8) is 0 Å². The molecule has 1 aromatic heterocycles. The number of carbonyl (C=O) groups excluding carboxylic acids is 1. The van der Waals surface area contributed by atoms with Crippen molar-refractivity contribution >= 4 is 34.9 Å². The zero-order chi connectivity index (χ0) is 17.1. The van der Waals surface area contributed by atoms with Gasteiger partial charge in [-0.15, -0.1) is 0 Å². The van der Waals surface area contributed by atoms with Crippen LogP contribution in [-0.4, -0.2) is 23.0 Å². The maximum atomic E-state index is 12.3. The van der Waals surface area contributed by atoms with Gasteiger partial charge in [0.25, 0.3) is 5.91 Å². The zero-order valence-corrected chi connectivity index (χ0v) is 13.7. The van der Waals surface area contributed by atoms with Gasteiger partial charge in [0.1, 0.15) is 0 Å². The highest BCUT2D eigenvalue weighted by Crippen LogP contribution is 2.27. The molecule has 0 spiro atoms. The number of furan rings is 1. The molecule has 0 saturated carbocycles. The molecule has 3 N–H and O–H groups in total. The van der Waals surface area contributed by atoms with Gasteiger partial charge in [-0.25, -0.2) is 4.79 Å². The Balaban J connectivity index is 2.28. The highest BCUT2D eigenvalue weighted by Gasteiger charge is 2.19. The van der Waals surface area contributed by atoms with Crippen LogP contribution in [0.1, 0.15) is 40.5 Å². The molecule has 23 heavy (non-hydrogen) atoms. The maximum absolute atomic E-state index is 12.3. The first kappa shape index (κ1) is 16.9. The van der Waals surface area contributed by atoms with Crippen LogP contribution in [-0.2, 0) is 0 Å². The second-order valence-corrected chi connectivity index (χ2v) is 5.81. The summed E-state index contributed by atoms with van der Waals surface area (Å²) in [6.45, 7) is 5.50. The van der Waals surface area contributed by atoms with Crippen molar-refractivity contribution in [2.24, 2.45) is 0 Å². The van der Waals surface area contributed by atoms with Crippen LogP contribution in [0.15, 0.2) is 28.7 Å². The number of carboxylic acids is 1. The summed E-state index contributed by atoms with van der Waals surface area (Å²) in [5, 5.41) is 15.3. The Morgan fingerprint density at radius 1 is 1.22 bits per heavy atom. The molecular formula is C16H17ClN2O4. The van der Waals surface area contributed by atoms with Gasteiger partial charge in [0.05, 0.1) is 11.4 Å². The lowest BCUT2D eigenvalue weighted by Gasteiger charge is -2.15. The highest BCUT2D eigenvalue weighted by atomic mass is 35.5. The number of hydrogen-bond donors (Lipinski definition) is 3. The van der Waals surface area contributed by atoms with Crippen LogP contribution >= 0.6 is 11.6 Å². The second-order valence-electron chi connectivity index (χ2n) is 5.37. The van der Waals surface area contributed by atoms with E-state index in [9.17, 15) is 9.59 Å². The summed E-state index contributed by atoms with van der Waals surface area (Å²) in [7, 11) is 0. The van der Waals surface area contributed by atoms with Gasteiger partial charge >= 0.3 is 5.97 Å². The molecule has 2 rings (SSSR count). The Morgan fingerprint density at radius 2 is 1.91 bits per heavy atom. The number of benzene rings is 1. The molecule has 7 heteroatoms. The fourth-order valence-corrected chi connectivity index (χ4v) is 2.22. The minimum Gasteiger partial charge on any atom is -0.475 e. The summed E-state index contributed by atoms with van der Waals surface area (Å²) in [4.78, 5) is 23.3. The summed E-state index contributed by atoms with van der Waals surface area (Å²) >= 11 is 5.97. The van der Waals surface area contributed by atoms with Gasteiger partial charge in [0.15, 0.2) is 5.76 Å². The fourth-order valence-electron chi connectivity index (χ4n) is 2.05. The van der Waals surface area contributed by atoms with E-state index in [1.54, 1.807) is 25.1 Å². The van der Waals surface area contributed by atoms with E-state index in [0.29, 0.717) is 22.0 Å². The Labute approximate surface area is 138 Å². The number of carbonyl (C=O) groups is 2. The molecule has 0 atom stereocenters. The average molecular weight is 337 g/mol. The topological polar surface area (TPSA) is 91.6 Å². The number of halogens is 1. The Kier molecular flexibility index (Phi) is 4.95. The molecule has 122 valence electrons. The third kappa shape index (κ3) is 4.04. The normalized spacial score (nSPS) is 10.7. The number of anilines is 2. The summed E-state index contributed by atoms with van der Waals surface area (Å²) < 4.78 is 5.10. The number of amides is 1. The second kappa shape index (κ2) is 6.75. The third-order valence-corrected chi connectivity index (χ3v) is 3.24. The van der Waals surface area contributed by atoms with E-state index >= 15 is 0 Å². The van der Waals surface area contributed by atoms with E-state index in [2.05, 4.69) is 10.6 Å². The zero-order valence-electron chi connectivity index (χ0n) is 12.9. The average Bonchev–Trinajstić information content (AvgIpc) is 2.84. The van der Waals surface area contributed by atoms with Gasteiger partial charge in [-0.05, 0) is 45.0 Å². The number of nitrogens with one attached hydrogen (secondary N) is 2. The molecule has 0 aliphatic heterocycles. The van der Waals surface area contributed by atoms with E-state index in [0.717, 1.165) is 0 Å². The standard InChI is InChI=1S/C16H17ClN2O4/c1-8(2)18-11-5-4-10(17)7-12(11)19-15(20)13-6-9(3)14(23-13)16(21)22/h4-8,18H,1-3H3,(H,19,20)(H,21,22). The molecule has 1 heterocycles. The van der Waals surface area contributed by atoms with Crippen LogP contribution in [0.3, 0.4) is 0 Å². The van der Waals surface area contributed by atoms with Crippen molar-refractivity contribution in [1.82, 2.24) is 0 Å². The molecule has 0 bridgehead atoms. The smallest absolute Gasteiger partial charge is 0.372 e. The molecular weight excluding hydrogens is 320 g/mol. The fraction of sp³-hybridized carbons (Fsp3) is 0.250. The monoisotopic (exact) mass is 336 g/mol. The van der Waals surface area contributed by atoms with Crippen molar-refractivity contribution in [3.8, 4) is 0 Å². The molecule has 1 aromatic carbocycles. The van der Waals surface area contributed by atoms with Crippen LogP contribution in [0, 0.1) is 6.92 Å². The molecule has 0 unspecified atom stereocenters. The lowest BCUT2D eigenvalue weighted by atomic mass is 10.2. The summed E-state index contributed by atoms with van der Waals surface area (Å²) in [6.07, 6.45) is 0. The molecule has 2 aromatic rings. The van der Waals surface area contributed by atoms with Crippen molar-refractivity contribution in [2.45, 2.75) is 26.8 Å². The number of hydrogen-bond acceptors (Lipinski definition) is 4. The van der Waals surface area contributed by atoms with Crippen LogP contribution in [0.2, 0.25) is 5.02 Å². The first-order chi connectivity index (χ1) is 10.8. The SMILES string of the molecule is Cc1cc(C(=O)Nc2cc(Cl)ccc2NC(C)C)oc1C(=O)O. The van der Waals surface area contributed by atoms with Crippen LogP contribution in [0.5, 0.6) is 0 Å². The number of rotatable bonds is 5. The number of aryl methyl sites for hydroxylation is 1. The van der Waals surface area contributed by atoms with Crippen molar-refractivity contribution < 1.29 is 19.1 Å². The number of carboxylic acid groups (broad SMARTS) is 1. The molecule has 1 amide bonds. The minimum atomic E-state index is -1.22. The highest BCUT2D eigenvalue weighted by molar-refractivity contribution is 6.31. The Bertz CT molecular complexity index is 753. The molecule has 6 nitrogen and oxygen atoms in total. The van der Waals surface area contributed by atoms with Gasteiger partial charge in [-0.1, -0.05) is 11.6 Å². The van der Waals surface area contributed by atoms with Gasteiger partial charge < -0.3 is 20.2 Å². The van der Waals surface area contributed by atoms with Crippen LogP contribution in [0.4, 0.5) is 11.4 Å². The van der Waals surface area contributed by atoms with E-state index in [1.165, 1.54) is 6.07 Å². The minimum absolute atomic E-state index is 0.0737. The van der Waals surface area contributed by atoms with E-state index in [-0.39, 0.29) is 17.6 Å². The Morgan fingerprint density at radius 3 is 2.48 bits per heavy atom. The molecule has 0 fully saturated rings. The predicted molar refractivity (Wildman–Crippen MR) is 88.6 cm³/mol. The van der Waals surface area contributed by atoms with E-state index in [1.807, 2.05) is 13.8 Å². The summed E-state index contributed by atoms with van der Waals surface area (Å²) in [5.74, 6) is -2.08.